The maximum Gasteiger partial charge on any atom is 0.303 e. The Balaban J connectivity index is 2.58. The van der Waals surface area contributed by atoms with Crippen LogP contribution in [0.2, 0.25) is 0 Å². The lowest BCUT2D eigenvalue weighted by molar-refractivity contribution is -0.141. The van der Waals surface area contributed by atoms with E-state index in [1.54, 1.807) is 0 Å². The molecule has 0 bridgehead atoms. The molecular formula is C14H25NO3. The van der Waals surface area contributed by atoms with Crippen LogP contribution in [0.4, 0.5) is 0 Å². The summed E-state index contributed by atoms with van der Waals surface area (Å²) in [6.07, 6.45) is 4.96. The molecule has 0 spiro atoms. The first kappa shape index (κ1) is 15.0. The van der Waals surface area contributed by atoms with Crippen LogP contribution < -0.4 is 0 Å². The second kappa shape index (κ2) is 6.21. The van der Waals surface area contributed by atoms with Gasteiger partial charge in [0, 0.05) is 19.0 Å². The minimum atomic E-state index is -0.836. The van der Waals surface area contributed by atoms with Crippen molar-refractivity contribution >= 4 is 11.9 Å². The monoisotopic (exact) mass is 255 g/mol. The fourth-order valence-corrected chi connectivity index (χ4v) is 2.84. The minimum absolute atomic E-state index is 0.0426. The van der Waals surface area contributed by atoms with Gasteiger partial charge in [0.25, 0.3) is 0 Å². The van der Waals surface area contributed by atoms with E-state index in [1.165, 1.54) is 12.8 Å². The summed E-state index contributed by atoms with van der Waals surface area (Å²) >= 11 is 0. The Bertz CT molecular complexity index is 306. The molecule has 0 atom stereocenters. The fraction of sp³-hybridized carbons (Fsp3) is 0.857. The lowest BCUT2D eigenvalue weighted by atomic mass is 9.85. The maximum atomic E-state index is 12.3. The largest absolute Gasteiger partial charge is 0.481 e. The van der Waals surface area contributed by atoms with Gasteiger partial charge in [-0.25, -0.2) is 0 Å². The van der Waals surface area contributed by atoms with Crippen LogP contribution in [0.3, 0.4) is 0 Å². The highest BCUT2D eigenvalue weighted by molar-refractivity contribution is 5.78. The minimum Gasteiger partial charge on any atom is -0.481 e. The molecule has 0 saturated heterocycles. The van der Waals surface area contributed by atoms with E-state index in [2.05, 4.69) is 0 Å². The number of nitrogens with zero attached hydrogens (tertiary/aromatic N) is 1. The Morgan fingerprint density at radius 1 is 1.22 bits per heavy atom. The molecule has 0 unspecified atom stereocenters. The SMILES string of the molecule is CCN(C(=O)CC(C)(C)CC(=O)O)C1CCCC1. The third kappa shape index (κ3) is 4.31. The molecule has 1 amide bonds. The number of hydrogen-bond donors (Lipinski definition) is 1. The third-order valence-corrected chi connectivity index (χ3v) is 3.69. The normalized spacial score (nSPS) is 16.8. The smallest absolute Gasteiger partial charge is 0.303 e. The predicted molar refractivity (Wildman–Crippen MR) is 70.3 cm³/mol. The molecule has 0 aromatic carbocycles. The van der Waals surface area contributed by atoms with Crippen molar-refractivity contribution in [3.8, 4) is 0 Å². The van der Waals surface area contributed by atoms with E-state index in [4.69, 9.17) is 5.11 Å². The molecule has 104 valence electrons. The van der Waals surface area contributed by atoms with E-state index < -0.39 is 11.4 Å². The van der Waals surface area contributed by atoms with Gasteiger partial charge in [0.15, 0.2) is 0 Å². The summed E-state index contributed by atoms with van der Waals surface area (Å²) in [5.41, 5.74) is -0.463. The molecule has 1 saturated carbocycles. The lowest BCUT2D eigenvalue weighted by Crippen LogP contribution is -2.40. The van der Waals surface area contributed by atoms with Gasteiger partial charge in [-0.1, -0.05) is 26.7 Å². The molecule has 1 aliphatic rings. The highest BCUT2D eigenvalue weighted by atomic mass is 16.4. The van der Waals surface area contributed by atoms with E-state index in [-0.39, 0.29) is 12.3 Å². The second-order valence-electron chi connectivity index (χ2n) is 6.03. The number of carbonyl (C=O) groups is 2. The molecule has 1 fully saturated rings. The summed E-state index contributed by atoms with van der Waals surface area (Å²) in [6.45, 7) is 6.43. The number of carboxylic acids is 1. The highest BCUT2D eigenvalue weighted by Gasteiger charge is 2.31. The van der Waals surface area contributed by atoms with Crippen LogP contribution in [0.25, 0.3) is 0 Å². The number of rotatable bonds is 6. The zero-order chi connectivity index (χ0) is 13.8. The number of carbonyl (C=O) groups excluding carboxylic acids is 1. The molecule has 0 aliphatic heterocycles. The summed E-state index contributed by atoms with van der Waals surface area (Å²) in [4.78, 5) is 25.0. The number of carboxylic acid groups (broad SMARTS) is 1. The molecule has 4 nitrogen and oxygen atoms in total. The van der Waals surface area contributed by atoms with Crippen molar-refractivity contribution in [1.82, 2.24) is 4.90 Å². The molecule has 0 aromatic rings. The van der Waals surface area contributed by atoms with Crippen LogP contribution in [-0.2, 0) is 9.59 Å². The molecule has 4 heteroatoms. The van der Waals surface area contributed by atoms with E-state index in [9.17, 15) is 9.59 Å². The Kier molecular flexibility index (Phi) is 5.17. The quantitative estimate of drug-likeness (QED) is 0.793. The van der Waals surface area contributed by atoms with Crippen LogP contribution in [0.1, 0.15) is 59.3 Å². The molecule has 1 N–H and O–H groups in total. The summed E-state index contributed by atoms with van der Waals surface area (Å²) < 4.78 is 0. The topological polar surface area (TPSA) is 57.6 Å². The standard InChI is InChI=1S/C14H25NO3/c1-4-15(11-7-5-6-8-11)12(16)9-14(2,3)10-13(17)18/h11H,4-10H2,1-3H3,(H,17,18). The Labute approximate surface area is 109 Å². The first-order valence-corrected chi connectivity index (χ1v) is 6.87. The summed E-state index contributed by atoms with van der Waals surface area (Å²) in [7, 11) is 0. The summed E-state index contributed by atoms with van der Waals surface area (Å²) in [6, 6.07) is 0.378. The first-order chi connectivity index (χ1) is 8.35. The average molecular weight is 255 g/mol. The van der Waals surface area contributed by atoms with E-state index in [0.717, 1.165) is 19.4 Å². The van der Waals surface area contributed by atoms with E-state index in [1.807, 2.05) is 25.7 Å². The number of amides is 1. The first-order valence-electron chi connectivity index (χ1n) is 6.87. The molecular weight excluding hydrogens is 230 g/mol. The molecule has 1 aliphatic carbocycles. The Morgan fingerprint density at radius 2 is 1.78 bits per heavy atom. The van der Waals surface area contributed by atoms with Gasteiger partial charge in [0.2, 0.25) is 5.91 Å². The van der Waals surface area contributed by atoms with Crippen LogP contribution in [0, 0.1) is 5.41 Å². The third-order valence-electron chi connectivity index (χ3n) is 3.69. The van der Waals surface area contributed by atoms with E-state index in [0.29, 0.717) is 12.5 Å². The van der Waals surface area contributed by atoms with Crippen molar-refractivity contribution in [2.45, 2.75) is 65.3 Å². The molecule has 0 aromatic heterocycles. The van der Waals surface area contributed by atoms with Crippen LogP contribution >= 0.6 is 0 Å². The Morgan fingerprint density at radius 3 is 2.22 bits per heavy atom. The molecule has 18 heavy (non-hydrogen) atoms. The van der Waals surface area contributed by atoms with Crippen molar-refractivity contribution in [2.75, 3.05) is 6.54 Å². The molecule has 1 rings (SSSR count). The Hall–Kier alpha value is -1.06. The molecule has 0 heterocycles. The van der Waals surface area contributed by atoms with Crippen molar-refractivity contribution in [2.24, 2.45) is 5.41 Å². The zero-order valence-electron chi connectivity index (χ0n) is 11.7. The van der Waals surface area contributed by atoms with Gasteiger partial charge in [0.05, 0.1) is 6.42 Å². The van der Waals surface area contributed by atoms with Crippen LogP contribution in [0.5, 0.6) is 0 Å². The van der Waals surface area contributed by atoms with Gasteiger partial charge < -0.3 is 10.0 Å². The average Bonchev–Trinajstić information content (AvgIpc) is 2.68. The van der Waals surface area contributed by atoms with Crippen molar-refractivity contribution in [3.63, 3.8) is 0 Å². The van der Waals surface area contributed by atoms with Gasteiger partial charge in [-0.15, -0.1) is 0 Å². The van der Waals surface area contributed by atoms with Gasteiger partial charge >= 0.3 is 5.97 Å². The summed E-state index contributed by atoms with van der Waals surface area (Å²) in [5.74, 6) is -0.729. The number of aliphatic carboxylic acids is 1. The zero-order valence-corrected chi connectivity index (χ0v) is 11.7. The van der Waals surface area contributed by atoms with Crippen LogP contribution in [-0.4, -0.2) is 34.5 Å². The fourth-order valence-electron chi connectivity index (χ4n) is 2.84. The highest BCUT2D eigenvalue weighted by Crippen LogP contribution is 2.29. The van der Waals surface area contributed by atoms with Crippen molar-refractivity contribution in [3.05, 3.63) is 0 Å². The molecule has 0 radical (unpaired) electrons. The number of hydrogen-bond acceptors (Lipinski definition) is 2. The van der Waals surface area contributed by atoms with Gasteiger partial charge in [-0.2, -0.15) is 0 Å². The van der Waals surface area contributed by atoms with E-state index >= 15 is 0 Å². The lowest BCUT2D eigenvalue weighted by Gasteiger charge is -2.31. The van der Waals surface area contributed by atoms with Crippen LogP contribution in [0.15, 0.2) is 0 Å². The van der Waals surface area contributed by atoms with Gasteiger partial charge in [0.1, 0.15) is 0 Å². The van der Waals surface area contributed by atoms with Crippen molar-refractivity contribution in [1.29, 1.82) is 0 Å². The van der Waals surface area contributed by atoms with Gasteiger partial charge in [-0.05, 0) is 25.2 Å². The summed E-state index contributed by atoms with van der Waals surface area (Å²) in [5, 5.41) is 8.84. The van der Waals surface area contributed by atoms with Gasteiger partial charge in [-0.3, -0.25) is 9.59 Å². The van der Waals surface area contributed by atoms with Crippen molar-refractivity contribution < 1.29 is 14.7 Å². The predicted octanol–water partition coefficient (Wildman–Crippen LogP) is 2.67. The second-order valence-corrected chi connectivity index (χ2v) is 6.03. The maximum absolute atomic E-state index is 12.3.